The number of hydrogen-bond donors (Lipinski definition) is 1. The Morgan fingerprint density at radius 3 is 2.30 bits per heavy atom. The molecule has 3 atom stereocenters. The molecule has 3 aliphatic heterocycles. The number of fused-ring (bicyclic) bond motifs is 1. The van der Waals surface area contributed by atoms with Gasteiger partial charge in [0.2, 0.25) is 11.8 Å². The van der Waals surface area contributed by atoms with Crippen LogP contribution in [0.4, 0.5) is 5.69 Å². The van der Waals surface area contributed by atoms with E-state index in [0.717, 1.165) is 43.9 Å². The van der Waals surface area contributed by atoms with Crippen LogP contribution in [0.3, 0.4) is 0 Å². The van der Waals surface area contributed by atoms with Crippen LogP contribution < -0.4 is 19.7 Å². The summed E-state index contributed by atoms with van der Waals surface area (Å²) in [4.78, 5) is 61.3. The first-order valence-electron chi connectivity index (χ1n) is 17.5. The van der Waals surface area contributed by atoms with E-state index >= 15 is 0 Å². The van der Waals surface area contributed by atoms with Crippen LogP contribution in [-0.2, 0) is 9.59 Å². The molecule has 2 fully saturated rings. The Bertz CT molecular complexity index is 1720. The number of likely N-dealkylation sites (tertiary alicyclic amines) is 1. The summed E-state index contributed by atoms with van der Waals surface area (Å²) >= 11 is 0. The Hall–Kier alpha value is -4.90. The third-order valence-corrected chi connectivity index (χ3v) is 10.4. The second kappa shape index (κ2) is 15.3. The van der Waals surface area contributed by atoms with Crippen molar-refractivity contribution in [1.82, 2.24) is 20.0 Å². The van der Waals surface area contributed by atoms with Gasteiger partial charge in [0, 0.05) is 52.2 Å². The third kappa shape index (κ3) is 6.92. The van der Waals surface area contributed by atoms with Crippen LogP contribution in [-0.4, -0.2) is 97.9 Å². The van der Waals surface area contributed by atoms with Crippen molar-refractivity contribution in [2.75, 3.05) is 58.4 Å². The fourth-order valence-electron chi connectivity index (χ4n) is 7.67. The number of anilines is 1. The minimum absolute atomic E-state index is 0.107. The number of carbonyl (C=O) groups is 4. The summed E-state index contributed by atoms with van der Waals surface area (Å²) in [6, 6.07) is 20.6. The van der Waals surface area contributed by atoms with E-state index < -0.39 is 12.1 Å². The highest BCUT2D eigenvalue weighted by Gasteiger charge is 2.43. The van der Waals surface area contributed by atoms with Crippen LogP contribution in [0.1, 0.15) is 83.5 Å². The highest BCUT2D eigenvalue weighted by atomic mass is 16.5. The number of carbonyl (C=O) groups excluding carboxylic acids is 4. The van der Waals surface area contributed by atoms with E-state index in [-0.39, 0.29) is 29.7 Å². The number of amides is 4. The van der Waals surface area contributed by atoms with E-state index in [4.69, 9.17) is 9.47 Å². The Morgan fingerprint density at radius 1 is 0.860 bits per heavy atom. The molecule has 11 heteroatoms. The summed E-state index contributed by atoms with van der Waals surface area (Å²) in [5.41, 5.74) is 3.62. The summed E-state index contributed by atoms with van der Waals surface area (Å²) in [7, 11) is 3.11. The Balaban J connectivity index is 1.21. The van der Waals surface area contributed by atoms with Crippen molar-refractivity contribution in [1.29, 1.82) is 0 Å². The molecular formula is C39H47N5O6. The Kier molecular flexibility index (Phi) is 10.7. The molecule has 3 aliphatic rings. The lowest BCUT2D eigenvalue weighted by molar-refractivity contribution is -0.136. The van der Waals surface area contributed by atoms with Crippen LogP contribution in [0.2, 0.25) is 0 Å². The van der Waals surface area contributed by atoms with E-state index in [9.17, 15) is 19.2 Å². The maximum absolute atomic E-state index is 14.4. The molecule has 0 unspecified atom stereocenters. The van der Waals surface area contributed by atoms with Crippen molar-refractivity contribution in [2.45, 2.75) is 57.7 Å². The Morgan fingerprint density at radius 2 is 1.60 bits per heavy atom. The number of methoxy groups -OCH3 is 2. The molecular weight excluding hydrogens is 634 g/mol. The van der Waals surface area contributed by atoms with E-state index in [1.54, 1.807) is 31.3 Å². The van der Waals surface area contributed by atoms with Crippen molar-refractivity contribution in [2.24, 2.45) is 0 Å². The van der Waals surface area contributed by atoms with Crippen LogP contribution in [0.5, 0.6) is 11.5 Å². The molecule has 0 saturated carbocycles. The van der Waals surface area contributed by atoms with Crippen molar-refractivity contribution in [3.63, 3.8) is 0 Å². The molecule has 0 aromatic heterocycles. The molecule has 3 aromatic carbocycles. The minimum Gasteiger partial charge on any atom is -0.493 e. The van der Waals surface area contributed by atoms with Gasteiger partial charge < -0.3 is 24.6 Å². The fraction of sp³-hybridized carbons (Fsp3) is 0.436. The fourth-order valence-corrected chi connectivity index (χ4v) is 7.67. The first-order chi connectivity index (χ1) is 24.2. The summed E-state index contributed by atoms with van der Waals surface area (Å²) in [6.45, 7) is 7.75. The maximum atomic E-state index is 14.4. The molecule has 0 aliphatic carbocycles. The standard InChI is InChI=1S/C39H47N5O6/c1-26(28-11-6-5-7-12-28)41-21-23-42(24-22-41)32-14-8-13-30-36(32)39(48)44(38(30)47)31(29-17-18-34(49-3)35(25-29)50-4)15-9-19-40-37(46)33-16-10-20-43(33)27(2)45/h5-8,11-14,17-18,25-26,31,33H,9-10,15-16,19-24H2,1-4H3,(H,40,46)/t26-,31-,33-/m1/s1. The molecule has 0 spiro atoms. The quantitative estimate of drug-likeness (QED) is 0.214. The van der Waals surface area contributed by atoms with E-state index in [1.165, 1.54) is 17.4 Å². The Labute approximate surface area is 294 Å². The van der Waals surface area contributed by atoms with Crippen LogP contribution in [0.25, 0.3) is 0 Å². The van der Waals surface area contributed by atoms with Gasteiger partial charge in [0.1, 0.15) is 6.04 Å². The average Bonchev–Trinajstić information content (AvgIpc) is 3.75. The zero-order valence-electron chi connectivity index (χ0n) is 29.4. The smallest absolute Gasteiger partial charge is 0.264 e. The number of hydrogen-bond acceptors (Lipinski definition) is 8. The second-order valence-electron chi connectivity index (χ2n) is 13.2. The molecule has 11 nitrogen and oxygen atoms in total. The zero-order valence-corrected chi connectivity index (χ0v) is 29.4. The van der Waals surface area contributed by atoms with Crippen LogP contribution >= 0.6 is 0 Å². The molecule has 264 valence electrons. The van der Waals surface area contributed by atoms with Gasteiger partial charge in [-0.25, -0.2) is 0 Å². The summed E-state index contributed by atoms with van der Waals surface area (Å²) < 4.78 is 11.0. The maximum Gasteiger partial charge on any atom is 0.264 e. The van der Waals surface area contributed by atoms with Crippen molar-refractivity contribution in [3.8, 4) is 11.5 Å². The monoisotopic (exact) mass is 681 g/mol. The van der Waals surface area contributed by atoms with Gasteiger partial charge in [-0.05, 0) is 68.0 Å². The lowest BCUT2D eigenvalue weighted by Crippen LogP contribution is -2.47. The number of benzene rings is 3. The molecule has 50 heavy (non-hydrogen) atoms. The van der Waals surface area contributed by atoms with Gasteiger partial charge in [-0.15, -0.1) is 0 Å². The van der Waals surface area contributed by atoms with Crippen molar-refractivity contribution >= 4 is 29.3 Å². The lowest BCUT2D eigenvalue weighted by Gasteiger charge is -2.39. The molecule has 0 radical (unpaired) electrons. The SMILES string of the molecule is COc1ccc([C@@H](CCCNC(=O)[C@H]2CCCN2C(C)=O)N2C(=O)c3cccc(N4CCN([C@H](C)c5ccccc5)CC4)c3C2=O)cc1OC. The average molecular weight is 682 g/mol. The first-order valence-corrected chi connectivity index (χ1v) is 17.5. The number of rotatable bonds is 12. The predicted octanol–water partition coefficient (Wildman–Crippen LogP) is 4.83. The van der Waals surface area contributed by atoms with Crippen LogP contribution in [0, 0.1) is 0 Å². The van der Waals surface area contributed by atoms with Crippen molar-refractivity contribution in [3.05, 3.63) is 89.0 Å². The van der Waals surface area contributed by atoms with E-state index in [2.05, 4.69) is 46.3 Å². The molecule has 0 bridgehead atoms. The van der Waals surface area contributed by atoms with Crippen LogP contribution in [0.15, 0.2) is 66.7 Å². The van der Waals surface area contributed by atoms with Gasteiger partial charge in [0.15, 0.2) is 11.5 Å². The van der Waals surface area contributed by atoms with Gasteiger partial charge in [-0.1, -0.05) is 42.5 Å². The number of nitrogens with one attached hydrogen (secondary N) is 1. The van der Waals surface area contributed by atoms with Gasteiger partial charge in [-0.2, -0.15) is 0 Å². The van der Waals surface area contributed by atoms with Gasteiger partial charge in [-0.3, -0.25) is 29.0 Å². The third-order valence-electron chi connectivity index (χ3n) is 10.4. The number of imide groups is 1. The highest BCUT2D eigenvalue weighted by Crippen LogP contribution is 2.40. The van der Waals surface area contributed by atoms with E-state index in [1.807, 2.05) is 30.3 Å². The second-order valence-corrected chi connectivity index (χ2v) is 13.2. The molecule has 3 aromatic rings. The number of nitrogens with zero attached hydrogens (tertiary/aromatic N) is 4. The molecule has 3 heterocycles. The molecule has 2 saturated heterocycles. The molecule has 1 N–H and O–H groups in total. The first kappa shape index (κ1) is 34.9. The number of ether oxygens (including phenoxy) is 2. The number of piperazine rings is 1. The molecule has 6 rings (SSSR count). The molecule has 4 amide bonds. The van der Waals surface area contributed by atoms with Gasteiger partial charge >= 0.3 is 0 Å². The topological polar surface area (TPSA) is 112 Å². The van der Waals surface area contributed by atoms with Gasteiger partial charge in [0.05, 0.1) is 37.1 Å². The largest absolute Gasteiger partial charge is 0.493 e. The summed E-state index contributed by atoms with van der Waals surface area (Å²) in [6.07, 6.45) is 2.34. The van der Waals surface area contributed by atoms with Gasteiger partial charge in [0.25, 0.3) is 11.8 Å². The normalized spacial score (nSPS) is 19.0. The summed E-state index contributed by atoms with van der Waals surface area (Å²) in [5, 5.41) is 2.98. The predicted molar refractivity (Wildman–Crippen MR) is 191 cm³/mol. The van der Waals surface area contributed by atoms with E-state index in [0.29, 0.717) is 55.0 Å². The minimum atomic E-state index is -0.615. The lowest BCUT2D eigenvalue weighted by atomic mass is 9.99. The zero-order chi connectivity index (χ0) is 35.4. The highest BCUT2D eigenvalue weighted by molar-refractivity contribution is 6.24. The summed E-state index contributed by atoms with van der Waals surface area (Å²) in [5.74, 6) is 0.0874. The van der Waals surface area contributed by atoms with Crippen molar-refractivity contribution < 1.29 is 28.7 Å².